The van der Waals surface area contributed by atoms with E-state index in [0.29, 0.717) is 59.2 Å². The second kappa shape index (κ2) is 10.4. The van der Waals surface area contributed by atoms with Crippen LogP contribution in [-0.2, 0) is 15.7 Å². The Hall–Kier alpha value is -3.31. The minimum atomic E-state index is -4.56. The minimum absolute atomic E-state index is 0.00518. The summed E-state index contributed by atoms with van der Waals surface area (Å²) in [4.78, 5) is 8.76. The number of hydrogen-bond acceptors (Lipinski definition) is 8. The van der Waals surface area contributed by atoms with E-state index in [4.69, 9.17) is 30.4 Å². The Labute approximate surface area is 206 Å². The standard InChI is InChI=1S/C25H29F3N4O4/c1-13(15-8-16(25(26,27)28)10-17(29)9-15)21-22-19(31-14(2)32-24(22)30)11-20(33-3)23(21)36-7-6-35-18-4-5-34-12-18/h8-11,13,18H,4-7,12,29H2,1-3H3,(H2,30,31,32)/t13-,18-/m1/s1. The van der Waals surface area contributed by atoms with Crippen molar-refractivity contribution < 1.29 is 32.1 Å². The number of fused-ring (bicyclic) bond motifs is 1. The first-order valence-electron chi connectivity index (χ1n) is 11.5. The minimum Gasteiger partial charge on any atom is -0.493 e. The van der Waals surface area contributed by atoms with Crippen LogP contribution in [0.2, 0.25) is 0 Å². The molecule has 2 atom stereocenters. The maximum Gasteiger partial charge on any atom is 0.416 e. The van der Waals surface area contributed by atoms with Crippen molar-refractivity contribution in [2.75, 3.05) is 45.0 Å². The Kier molecular flexibility index (Phi) is 7.41. The molecule has 0 bridgehead atoms. The topological polar surface area (TPSA) is 115 Å². The molecule has 1 fully saturated rings. The Bertz CT molecular complexity index is 1250. The zero-order valence-corrected chi connectivity index (χ0v) is 20.3. The molecule has 11 heteroatoms. The smallest absolute Gasteiger partial charge is 0.416 e. The van der Waals surface area contributed by atoms with Gasteiger partial charge in [0.2, 0.25) is 0 Å². The van der Waals surface area contributed by atoms with Crippen LogP contribution in [0.3, 0.4) is 0 Å². The molecule has 0 unspecified atom stereocenters. The van der Waals surface area contributed by atoms with Crippen LogP contribution in [0, 0.1) is 6.92 Å². The summed E-state index contributed by atoms with van der Waals surface area (Å²) in [6, 6.07) is 5.16. The number of anilines is 2. The van der Waals surface area contributed by atoms with Crippen LogP contribution < -0.4 is 20.9 Å². The second-order valence-corrected chi connectivity index (χ2v) is 8.68. The lowest BCUT2D eigenvalue weighted by Crippen LogP contribution is -2.18. The predicted molar refractivity (Wildman–Crippen MR) is 129 cm³/mol. The fourth-order valence-electron chi connectivity index (χ4n) is 4.41. The quantitative estimate of drug-likeness (QED) is 0.340. The number of nitrogen functional groups attached to an aromatic ring is 2. The molecule has 8 nitrogen and oxygen atoms in total. The van der Waals surface area contributed by atoms with Crippen LogP contribution >= 0.6 is 0 Å². The third kappa shape index (κ3) is 5.41. The zero-order valence-electron chi connectivity index (χ0n) is 20.3. The third-order valence-electron chi connectivity index (χ3n) is 6.11. The first kappa shape index (κ1) is 25.8. The Morgan fingerprint density at radius 1 is 1.14 bits per heavy atom. The lowest BCUT2D eigenvalue weighted by Gasteiger charge is -2.23. The summed E-state index contributed by atoms with van der Waals surface area (Å²) in [6.45, 7) is 5.11. The normalized spacial score (nSPS) is 16.9. The van der Waals surface area contributed by atoms with E-state index in [9.17, 15) is 13.2 Å². The molecule has 0 amide bonds. The first-order valence-corrected chi connectivity index (χ1v) is 11.5. The molecule has 1 aliphatic heterocycles. The number of ether oxygens (including phenoxy) is 4. The van der Waals surface area contributed by atoms with E-state index >= 15 is 0 Å². The summed E-state index contributed by atoms with van der Waals surface area (Å²) in [5.74, 6) is 0.709. The summed E-state index contributed by atoms with van der Waals surface area (Å²) in [5.41, 5.74) is 12.6. The van der Waals surface area contributed by atoms with Gasteiger partial charge in [-0.15, -0.1) is 0 Å². The van der Waals surface area contributed by atoms with Gasteiger partial charge in [-0.2, -0.15) is 13.2 Å². The molecule has 0 spiro atoms. The highest BCUT2D eigenvalue weighted by Crippen LogP contribution is 2.46. The summed E-state index contributed by atoms with van der Waals surface area (Å²) in [5, 5.41) is 0.477. The van der Waals surface area contributed by atoms with Crippen molar-refractivity contribution in [3.05, 3.63) is 46.8 Å². The van der Waals surface area contributed by atoms with Crippen LogP contribution in [0.15, 0.2) is 24.3 Å². The molecule has 4 rings (SSSR count). The molecule has 194 valence electrons. The van der Waals surface area contributed by atoms with Crippen molar-refractivity contribution in [1.82, 2.24) is 9.97 Å². The maximum atomic E-state index is 13.5. The fraction of sp³-hybridized carbons (Fsp3) is 0.440. The predicted octanol–water partition coefficient (Wildman–Crippen LogP) is 4.47. The molecular formula is C25H29F3N4O4. The Balaban J connectivity index is 1.81. The van der Waals surface area contributed by atoms with E-state index in [1.807, 2.05) is 0 Å². The number of hydrogen-bond donors (Lipinski definition) is 2. The van der Waals surface area contributed by atoms with Gasteiger partial charge in [0, 0.05) is 29.8 Å². The van der Waals surface area contributed by atoms with E-state index in [-0.39, 0.29) is 24.2 Å². The highest BCUT2D eigenvalue weighted by molar-refractivity contribution is 5.95. The highest BCUT2D eigenvalue weighted by atomic mass is 19.4. The van der Waals surface area contributed by atoms with Crippen LogP contribution in [0.4, 0.5) is 24.7 Å². The SMILES string of the molecule is COc1cc2nc(C)nc(N)c2c([C@H](C)c2cc(N)cc(C(F)(F)F)c2)c1OCCO[C@@H]1CCOC1. The number of alkyl halides is 3. The zero-order chi connectivity index (χ0) is 26.0. The number of rotatable bonds is 8. The van der Waals surface area contributed by atoms with Gasteiger partial charge in [0.25, 0.3) is 0 Å². The fourth-order valence-corrected chi connectivity index (χ4v) is 4.41. The molecule has 0 radical (unpaired) electrons. The average molecular weight is 507 g/mol. The number of benzene rings is 2. The number of aromatic nitrogens is 2. The van der Waals surface area contributed by atoms with Gasteiger partial charge in [-0.1, -0.05) is 6.92 Å². The Morgan fingerprint density at radius 3 is 2.58 bits per heavy atom. The summed E-state index contributed by atoms with van der Waals surface area (Å²) in [7, 11) is 1.48. The monoisotopic (exact) mass is 506 g/mol. The first-order chi connectivity index (χ1) is 17.1. The number of aryl methyl sites for hydroxylation is 1. The van der Waals surface area contributed by atoms with Crippen molar-refractivity contribution in [2.24, 2.45) is 0 Å². The number of nitrogens with zero attached hydrogens (tertiary/aromatic N) is 2. The average Bonchev–Trinajstić information content (AvgIpc) is 3.33. The van der Waals surface area contributed by atoms with Gasteiger partial charge in [0.05, 0.1) is 42.9 Å². The molecule has 2 heterocycles. The van der Waals surface area contributed by atoms with Crippen LogP contribution in [0.1, 0.15) is 41.8 Å². The summed E-state index contributed by atoms with van der Waals surface area (Å²) in [6.07, 6.45) is -3.74. The summed E-state index contributed by atoms with van der Waals surface area (Å²) < 4.78 is 63.5. The number of halogens is 3. The van der Waals surface area contributed by atoms with Gasteiger partial charge in [0.15, 0.2) is 11.5 Å². The van der Waals surface area contributed by atoms with Crippen molar-refractivity contribution >= 4 is 22.4 Å². The number of methoxy groups -OCH3 is 1. The van der Waals surface area contributed by atoms with E-state index in [1.54, 1.807) is 19.9 Å². The van der Waals surface area contributed by atoms with Gasteiger partial charge < -0.3 is 30.4 Å². The van der Waals surface area contributed by atoms with Gasteiger partial charge in [-0.05, 0) is 37.1 Å². The van der Waals surface area contributed by atoms with E-state index in [1.165, 1.54) is 13.2 Å². The molecule has 1 aliphatic rings. The molecular weight excluding hydrogens is 477 g/mol. The largest absolute Gasteiger partial charge is 0.493 e. The number of nitrogens with two attached hydrogens (primary N) is 2. The van der Waals surface area contributed by atoms with Gasteiger partial charge in [-0.25, -0.2) is 9.97 Å². The molecule has 1 aromatic heterocycles. The maximum absolute atomic E-state index is 13.5. The molecule has 3 aromatic rings. The molecule has 1 saturated heterocycles. The highest BCUT2D eigenvalue weighted by Gasteiger charge is 2.32. The Morgan fingerprint density at radius 2 is 1.92 bits per heavy atom. The van der Waals surface area contributed by atoms with Crippen molar-refractivity contribution in [3.63, 3.8) is 0 Å². The van der Waals surface area contributed by atoms with Crippen LogP contribution in [0.25, 0.3) is 10.9 Å². The van der Waals surface area contributed by atoms with Gasteiger partial charge >= 0.3 is 6.18 Å². The van der Waals surface area contributed by atoms with E-state index in [2.05, 4.69) is 9.97 Å². The van der Waals surface area contributed by atoms with Crippen molar-refractivity contribution in [3.8, 4) is 11.5 Å². The lowest BCUT2D eigenvalue weighted by molar-refractivity contribution is -0.137. The van der Waals surface area contributed by atoms with Crippen LogP contribution in [-0.4, -0.2) is 49.6 Å². The van der Waals surface area contributed by atoms with Crippen molar-refractivity contribution in [2.45, 2.75) is 38.5 Å². The van der Waals surface area contributed by atoms with E-state index < -0.39 is 17.7 Å². The molecule has 4 N–H and O–H groups in total. The molecule has 0 aliphatic carbocycles. The van der Waals surface area contributed by atoms with E-state index in [0.717, 1.165) is 18.6 Å². The summed E-state index contributed by atoms with van der Waals surface area (Å²) >= 11 is 0. The molecule has 2 aromatic carbocycles. The third-order valence-corrected chi connectivity index (χ3v) is 6.11. The second-order valence-electron chi connectivity index (χ2n) is 8.68. The van der Waals surface area contributed by atoms with Crippen LogP contribution in [0.5, 0.6) is 11.5 Å². The molecule has 36 heavy (non-hydrogen) atoms. The van der Waals surface area contributed by atoms with Gasteiger partial charge in [-0.3, -0.25) is 0 Å². The van der Waals surface area contributed by atoms with Crippen molar-refractivity contribution in [1.29, 1.82) is 0 Å². The van der Waals surface area contributed by atoms with Gasteiger partial charge in [0.1, 0.15) is 18.2 Å². The molecule has 0 saturated carbocycles. The lowest BCUT2D eigenvalue weighted by atomic mass is 9.88.